The molecule has 18 heavy (non-hydrogen) atoms. The van der Waals surface area contributed by atoms with Crippen LogP contribution in [0.4, 0.5) is 0 Å². The van der Waals surface area contributed by atoms with Crippen LogP contribution in [0.25, 0.3) is 0 Å². The molecule has 1 aromatic rings. The second-order valence-corrected chi connectivity index (χ2v) is 5.80. The van der Waals surface area contributed by atoms with Crippen LogP contribution >= 0.6 is 0 Å². The van der Waals surface area contributed by atoms with Gasteiger partial charge in [-0.05, 0) is 50.8 Å². The minimum Gasteiger partial charge on any atom is -0.327 e. The normalized spacial score (nSPS) is 25.9. The molecule has 1 aliphatic heterocycles. The number of nitrogens with two attached hydrogens (primary N) is 1. The van der Waals surface area contributed by atoms with Gasteiger partial charge in [0.25, 0.3) is 0 Å². The largest absolute Gasteiger partial charge is 0.327 e. The van der Waals surface area contributed by atoms with E-state index in [2.05, 4.69) is 43.0 Å². The SMILES string of the molecule is Cc1ccc(CCN2CCC(N)[C@H](C)CC2)cc1. The molecule has 2 heteroatoms. The van der Waals surface area contributed by atoms with Gasteiger partial charge in [-0.3, -0.25) is 0 Å². The summed E-state index contributed by atoms with van der Waals surface area (Å²) in [6.45, 7) is 7.97. The standard InChI is InChI=1S/C16H26N2/c1-13-3-5-15(6-4-13)8-11-18-10-7-14(2)16(17)9-12-18/h3-6,14,16H,7-12,17H2,1-2H3/t14-,16?/m1/s1. The minimum atomic E-state index is 0.398. The Morgan fingerprint density at radius 1 is 1.17 bits per heavy atom. The van der Waals surface area contributed by atoms with E-state index in [0.29, 0.717) is 12.0 Å². The van der Waals surface area contributed by atoms with E-state index >= 15 is 0 Å². The molecule has 1 aliphatic rings. The first-order chi connectivity index (χ1) is 8.65. The van der Waals surface area contributed by atoms with Gasteiger partial charge in [0.05, 0.1) is 0 Å². The number of likely N-dealkylation sites (tertiary alicyclic amines) is 1. The minimum absolute atomic E-state index is 0.398. The van der Waals surface area contributed by atoms with Crippen LogP contribution in [0, 0.1) is 12.8 Å². The maximum absolute atomic E-state index is 6.14. The molecule has 0 aliphatic carbocycles. The van der Waals surface area contributed by atoms with Gasteiger partial charge < -0.3 is 10.6 Å². The molecular formula is C16H26N2. The second-order valence-electron chi connectivity index (χ2n) is 5.80. The van der Waals surface area contributed by atoms with Crippen LogP contribution in [-0.4, -0.2) is 30.6 Å². The van der Waals surface area contributed by atoms with Crippen LogP contribution in [0.15, 0.2) is 24.3 Å². The van der Waals surface area contributed by atoms with Gasteiger partial charge in [0.1, 0.15) is 0 Å². The number of aryl methyl sites for hydroxylation is 1. The lowest BCUT2D eigenvalue weighted by molar-refractivity contribution is 0.285. The van der Waals surface area contributed by atoms with Crippen molar-refractivity contribution in [1.82, 2.24) is 4.90 Å². The van der Waals surface area contributed by atoms with E-state index in [-0.39, 0.29) is 0 Å². The fourth-order valence-corrected chi connectivity index (χ4v) is 2.59. The van der Waals surface area contributed by atoms with E-state index in [4.69, 9.17) is 5.73 Å². The van der Waals surface area contributed by atoms with Crippen LogP contribution < -0.4 is 5.73 Å². The molecule has 0 bridgehead atoms. The average molecular weight is 246 g/mol. The highest BCUT2D eigenvalue weighted by atomic mass is 15.1. The van der Waals surface area contributed by atoms with E-state index in [1.807, 2.05) is 0 Å². The molecule has 2 rings (SSSR count). The average Bonchev–Trinajstić information content (AvgIpc) is 2.53. The Hall–Kier alpha value is -0.860. The molecule has 0 amide bonds. The monoisotopic (exact) mass is 246 g/mol. The predicted molar refractivity (Wildman–Crippen MR) is 77.7 cm³/mol. The van der Waals surface area contributed by atoms with Gasteiger partial charge in [-0.2, -0.15) is 0 Å². The molecular weight excluding hydrogens is 220 g/mol. The molecule has 2 N–H and O–H groups in total. The van der Waals surface area contributed by atoms with E-state index in [1.54, 1.807) is 0 Å². The lowest BCUT2D eigenvalue weighted by atomic mass is 9.98. The van der Waals surface area contributed by atoms with Crippen molar-refractivity contribution in [3.63, 3.8) is 0 Å². The Morgan fingerprint density at radius 2 is 1.83 bits per heavy atom. The lowest BCUT2D eigenvalue weighted by Gasteiger charge is -2.19. The lowest BCUT2D eigenvalue weighted by Crippen LogP contribution is -2.29. The van der Waals surface area contributed by atoms with Crippen molar-refractivity contribution in [3.05, 3.63) is 35.4 Å². The third-order valence-electron chi connectivity index (χ3n) is 4.25. The summed E-state index contributed by atoms with van der Waals surface area (Å²) in [5.74, 6) is 0.675. The van der Waals surface area contributed by atoms with Crippen molar-refractivity contribution in [1.29, 1.82) is 0 Å². The highest BCUT2D eigenvalue weighted by Crippen LogP contribution is 2.16. The summed E-state index contributed by atoms with van der Waals surface area (Å²) in [4.78, 5) is 2.57. The first kappa shape index (κ1) is 13.6. The summed E-state index contributed by atoms with van der Waals surface area (Å²) in [5, 5.41) is 0. The van der Waals surface area contributed by atoms with Crippen LogP contribution in [0.3, 0.4) is 0 Å². The van der Waals surface area contributed by atoms with Crippen molar-refractivity contribution in [2.75, 3.05) is 19.6 Å². The molecule has 0 radical (unpaired) electrons. The number of hydrogen-bond acceptors (Lipinski definition) is 2. The smallest absolute Gasteiger partial charge is 0.00771 e. The van der Waals surface area contributed by atoms with Crippen molar-refractivity contribution < 1.29 is 0 Å². The van der Waals surface area contributed by atoms with Gasteiger partial charge in [-0.25, -0.2) is 0 Å². The molecule has 1 fully saturated rings. The summed E-state index contributed by atoms with van der Waals surface area (Å²) < 4.78 is 0. The van der Waals surface area contributed by atoms with Crippen molar-refractivity contribution in [3.8, 4) is 0 Å². The number of rotatable bonds is 3. The third-order valence-corrected chi connectivity index (χ3v) is 4.25. The van der Waals surface area contributed by atoms with Gasteiger partial charge in [0, 0.05) is 12.6 Å². The highest BCUT2D eigenvalue weighted by Gasteiger charge is 2.19. The molecule has 1 heterocycles. The Morgan fingerprint density at radius 3 is 2.56 bits per heavy atom. The fraction of sp³-hybridized carbons (Fsp3) is 0.625. The first-order valence-electron chi connectivity index (χ1n) is 7.18. The third kappa shape index (κ3) is 3.82. The molecule has 2 nitrogen and oxygen atoms in total. The van der Waals surface area contributed by atoms with Crippen LogP contribution in [0.1, 0.15) is 30.9 Å². The van der Waals surface area contributed by atoms with Crippen LogP contribution in [0.5, 0.6) is 0 Å². The summed E-state index contributed by atoms with van der Waals surface area (Å²) in [5.41, 5.74) is 8.93. The number of nitrogens with zero attached hydrogens (tertiary/aromatic N) is 1. The summed E-state index contributed by atoms with van der Waals surface area (Å²) in [6.07, 6.45) is 3.55. The van der Waals surface area contributed by atoms with Crippen molar-refractivity contribution in [2.24, 2.45) is 11.7 Å². The van der Waals surface area contributed by atoms with Crippen molar-refractivity contribution >= 4 is 0 Å². The molecule has 2 atom stereocenters. The predicted octanol–water partition coefficient (Wildman–Crippen LogP) is 2.60. The Kier molecular flexibility index (Phi) is 4.79. The maximum Gasteiger partial charge on any atom is 0.00771 e. The van der Waals surface area contributed by atoms with E-state index in [0.717, 1.165) is 19.4 Å². The van der Waals surface area contributed by atoms with Gasteiger partial charge in [0.2, 0.25) is 0 Å². The zero-order valence-corrected chi connectivity index (χ0v) is 11.7. The Labute approximate surface area is 111 Å². The van der Waals surface area contributed by atoms with E-state index in [9.17, 15) is 0 Å². The number of hydrogen-bond donors (Lipinski definition) is 1. The van der Waals surface area contributed by atoms with Crippen LogP contribution in [0.2, 0.25) is 0 Å². The zero-order chi connectivity index (χ0) is 13.0. The van der Waals surface area contributed by atoms with Gasteiger partial charge in [0.15, 0.2) is 0 Å². The molecule has 0 aromatic heterocycles. The molecule has 1 aromatic carbocycles. The summed E-state index contributed by atoms with van der Waals surface area (Å²) in [6, 6.07) is 9.31. The molecule has 0 spiro atoms. The van der Waals surface area contributed by atoms with Gasteiger partial charge in [-0.15, -0.1) is 0 Å². The molecule has 0 saturated carbocycles. The maximum atomic E-state index is 6.14. The number of benzene rings is 1. The Bertz CT molecular complexity index is 346. The van der Waals surface area contributed by atoms with E-state index < -0.39 is 0 Å². The van der Waals surface area contributed by atoms with Gasteiger partial charge >= 0.3 is 0 Å². The summed E-state index contributed by atoms with van der Waals surface area (Å²) >= 11 is 0. The van der Waals surface area contributed by atoms with Crippen LogP contribution in [-0.2, 0) is 6.42 Å². The topological polar surface area (TPSA) is 29.3 Å². The van der Waals surface area contributed by atoms with Gasteiger partial charge in [-0.1, -0.05) is 36.8 Å². The highest BCUT2D eigenvalue weighted by molar-refractivity contribution is 5.21. The second kappa shape index (κ2) is 6.35. The van der Waals surface area contributed by atoms with Crippen molar-refractivity contribution in [2.45, 2.75) is 39.2 Å². The molecule has 1 saturated heterocycles. The van der Waals surface area contributed by atoms with E-state index in [1.165, 1.54) is 30.6 Å². The Balaban J connectivity index is 1.81. The molecule has 1 unspecified atom stereocenters. The zero-order valence-electron chi connectivity index (χ0n) is 11.7. The fourth-order valence-electron chi connectivity index (χ4n) is 2.59. The quantitative estimate of drug-likeness (QED) is 0.888. The summed E-state index contributed by atoms with van der Waals surface area (Å²) in [7, 11) is 0. The molecule has 100 valence electrons. The first-order valence-corrected chi connectivity index (χ1v) is 7.18.